The molecule has 0 fully saturated rings. The van der Waals surface area contributed by atoms with Crippen molar-refractivity contribution in [1.29, 1.82) is 0 Å². The summed E-state index contributed by atoms with van der Waals surface area (Å²) in [6.45, 7) is 3.23. The Bertz CT molecular complexity index is 1010. The summed E-state index contributed by atoms with van der Waals surface area (Å²) in [5.41, 5.74) is 0.673. The minimum absolute atomic E-state index is 0.0184. The number of hydrogen-bond acceptors (Lipinski definition) is 6. The van der Waals surface area contributed by atoms with E-state index >= 15 is 0 Å². The Kier molecular flexibility index (Phi) is 5.62. The van der Waals surface area contributed by atoms with Gasteiger partial charge in [-0.15, -0.1) is 10.2 Å². The van der Waals surface area contributed by atoms with Gasteiger partial charge < -0.3 is 14.4 Å². The molecule has 150 valence electrons. The molecule has 0 aliphatic carbocycles. The van der Waals surface area contributed by atoms with Gasteiger partial charge >= 0.3 is 0 Å². The number of carbonyl (C=O) groups excluding carboxylic acids is 1. The summed E-state index contributed by atoms with van der Waals surface area (Å²) in [5, 5.41) is 12.8. The first-order valence-corrected chi connectivity index (χ1v) is 9.71. The standard InChI is InChI=1S/C20H20ClN5O3/c1-2-25(11-14-13-28-17-9-5-6-10-18(17)29-14)19(27)12-26-23-20(22-24-26)15-7-3-4-8-16(15)21/h3-10,14H,2,11-13H2,1H3/t14-/m1/s1. The summed E-state index contributed by atoms with van der Waals surface area (Å²) < 4.78 is 11.7. The van der Waals surface area contributed by atoms with Crippen LogP contribution in [-0.2, 0) is 11.3 Å². The Balaban J connectivity index is 1.39. The normalized spacial score (nSPS) is 15.2. The molecule has 0 saturated heterocycles. The third-order valence-corrected chi connectivity index (χ3v) is 4.90. The van der Waals surface area contributed by atoms with Crippen LogP contribution in [0.15, 0.2) is 48.5 Å². The molecule has 0 radical (unpaired) electrons. The van der Waals surface area contributed by atoms with Crippen molar-refractivity contribution in [2.75, 3.05) is 19.7 Å². The summed E-state index contributed by atoms with van der Waals surface area (Å²) >= 11 is 6.17. The number of fused-ring (bicyclic) bond motifs is 1. The van der Waals surface area contributed by atoms with Crippen molar-refractivity contribution in [3.63, 3.8) is 0 Å². The van der Waals surface area contributed by atoms with E-state index in [1.165, 1.54) is 4.80 Å². The van der Waals surface area contributed by atoms with Gasteiger partial charge in [0.25, 0.3) is 0 Å². The van der Waals surface area contributed by atoms with Gasteiger partial charge in [-0.3, -0.25) is 4.79 Å². The molecule has 1 aromatic heterocycles. The van der Waals surface area contributed by atoms with Crippen LogP contribution in [0.4, 0.5) is 0 Å². The third-order valence-electron chi connectivity index (χ3n) is 4.57. The van der Waals surface area contributed by atoms with E-state index in [1.807, 2.05) is 49.4 Å². The maximum atomic E-state index is 12.8. The average Bonchev–Trinajstić information content (AvgIpc) is 3.20. The second-order valence-corrected chi connectivity index (χ2v) is 6.96. The number of hydrogen-bond donors (Lipinski definition) is 0. The lowest BCUT2D eigenvalue weighted by atomic mass is 10.2. The van der Waals surface area contributed by atoms with Crippen molar-refractivity contribution in [3.8, 4) is 22.9 Å². The maximum absolute atomic E-state index is 12.8. The van der Waals surface area contributed by atoms with E-state index in [2.05, 4.69) is 15.4 Å². The van der Waals surface area contributed by atoms with Crippen LogP contribution < -0.4 is 9.47 Å². The van der Waals surface area contributed by atoms with E-state index in [4.69, 9.17) is 21.1 Å². The fourth-order valence-electron chi connectivity index (χ4n) is 3.09. The molecule has 0 unspecified atom stereocenters. The molecule has 9 heteroatoms. The highest BCUT2D eigenvalue weighted by Gasteiger charge is 2.25. The Morgan fingerprint density at radius 1 is 1.21 bits per heavy atom. The predicted molar refractivity (Wildman–Crippen MR) is 107 cm³/mol. The van der Waals surface area contributed by atoms with Crippen LogP contribution in [0.1, 0.15) is 6.92 Å². The van der Waals surface area contributed by atoms with Crippen molar-refractivity contribution < 1.29 is 14.3 Å². The maximum Gasteiger partial charge on any atom is 0.246 e. The van der Waals surface area contributed by atoms with Crippen molar-refractivity contribution in [1.82, 2.24) is 25.1 Å². The van der Waals surface area contributed by atoms with Gasteiger partial charge in [0, 0.05) is 12.1 Å². The number of carbonyl (C=O) groups is 1. The molecule has 0 bridgehead atoms. The van der Waals surface area contributed by atoms with Crippen LogP contribution in [0.25, 0.3) is 11.4 Å². The molecule has 4 rings (SSSR count). The topological polar surface area (TPSA) is 82.4 Å². The Labute approximate surface area is 173 Å². The van der Waals surface area contributed by atoms with Gasteiger partial charge in [0.05, 0.1) is 11.6 Å². The van der Waals surface area contributed by atoms with Gasteiger partial charge in [-0.2, -0.15) is 4.80 Å². The van der Waals surface area contributed by atoms with E-state index in [0.717, 1.165) is 5.75 Å². The Morgan fingerprint density at radius 3 is 2.76 bits per heavy atom. The van der Waals surface area contributed by atoms with Crippen LogP contribution in [0.5, 0.6) is 11.5 Å². The number of halogens is 1. The molecule has 0 spiro atoms. The second-order valence-electron chi connectivity index (χ2n) is 6.55. The number of rotatable bonds is 6. The summed E-state index contributed by atoms with van der Waals surface area (Å²) in [5.74, 6) is 1.66. The molecular weight excluding hydrogens is 394 g/mol. The zero-order valence-electron chi connectivity index (χ0n) is 15.9. The van der Waals surface area contributed by atoms with E-state index in [-0.39, 0.29) is 18.6 Å². The van der Waals surface area contributed by atoms with Crippen molar-refractivity contribution in [3.05, 3.63) is 53.6 Å². The average molecular weight is 414 g/mol. The van der Waals surface area contributed by atoms with Gasteiger partial charge in [0.2, 0.25) is 11.7 Å². The molecular formula is C20H20ClN5O3. The number of likely N-dealkylation sites (N-methyl/N-ethyl adjacent to an activating group) is 1. The fraction of sp³-hybridized carbons (Fsp3) is 0.300. The molecule has 0 saturated carbocycles. The van der Waals surface area contributed by atoms with E-state index < -0.39 is 0 Å². The van der Waals surface area contributed by atoms with Crippen LogP contribution in [-0.4, -0.2) is 56.8 Å². The first-order chi connectivity index (χ1) is 14.1. The first-order valence-electron chi connectivity index (χ1n) is 9.33. The summed E-state index contributed by atoms with van der Waals surface area (Å²) in [7, 11) is 0. The highest BCUT2D eigenvalue weighted by atomic mass is 35.5. The summed E-state index contributed by atoms with van der Waals surface area (Å²) in [6.07, 6.45) is -0.240. The SMILES string of the molecule is CCN(C[C@@H]1COc2ccccc2O1)C(=O)Cn1nnc(-c2ccccc2Cl)n1. The molecule has 29 heavy (non-hydrogen) atoms. The molecule has 8 nitrogen and oxygen atoms in total. The molecule has 0 N–H and O–H groups in total. The van der Waals surface area contributed by atoms with E-state index in [0.29, 0.717) is 41.9 Å². The number of nitrogens with zero attached hydrogens (tertiary/aromatic N) is 5. The summed E-state index contributed by atoms with van der Waals surface area (Å²) in [6, 6.07) is 14.7. The fourth-order valence-corrected chi connectivity index (χ4v) is 3.31. The highest BCUT2D eigenvalue weighted by Crippen LogP contribution is 2.31. The van der Waals surface area contributed by atoms with Crippen molar-refractivity contribution >= 4 is 17.5 Å². The molecule has 2 heterocycles. The van der Waals surface area contributed by atoms with Crippen LogP contribution in [0, 0.1) is 0 Å². The minimum Gasteiger partial charge on any atom is -0.486 e. The quantitative estimate of drug-likeness (QED) is 0.618. The van der Waals surface area contributed by atoms with Gasteiger partial charge in [0.15, 0.2) is 17.6 Å². The van der Waals surface area contributed by atoms with Gasteiger partial charge in [-0.1, -0.05) is 35.9 Å². The zero-order valence-corrected chi connectivity index (χ0v) is 16.6. The van der Waals surface area contributed by atoms with Crippen LogP contribution in [0.2, 0.25) is 5.02 Å². The lowest BCUT2D eigenvalue weighted by Crippen LogP contribution is -2.44. The summed E-state index contributed by atoms with van der Waals surface area (Å²) in [4.78, 5) is 15.7. The van der Waals surface area contributed by atoms with E-state index in [9.17, 15) is 4.79 Å². The van der Waals surface area contributed by atoms with Crippen LogP contribution in [0.3, 0.4) is 0 Å². The number of tetrazole rings is 1. The number of ether oxygens (including phenoxy) is 2. The zero-order chi connectivity index (χ0) is 20.2. The molecule has 1 aliphatic rings. The lowest BCUT2D eigenvalue weighted by Gasteiger charge is -2.30. The molecule has 2 aromatic carbocycles. The minimum atomic E-state index is -0.240. The van der Waals surface area contributed by atoms with Crippen molar-refractivity contribution in [2.24, 2.45) is 0 Å². The van der Waals surface area contributed by atoms with E-state index in [1.54, 1.807) is 11.0 Å². The van der Waals surface area contributed by atoms with Gasteiger partial charge in [0.1, 0.15) is 13.2 Å². The lowest BCUT2D eigenvalue weighted by molar-refractivity contribution is -0.133. The van der Waals surface area contributed by atoms with Gasteiger partial charge in [-0.05, 0) is 36.4 Å². The smallest absolute Gasteiger partial charge is 0.246 e. The van der Waals surface area contributed by atoms with Crippen molar-refractivity contribution in [2.45, 2.75) is 19.6 Å². The Morgan fingerprint density at radius 2 is 1.97 bits per heavy atom. The predicted octanol–water partition coefficient (Wildman–Crippen LogP) is 2.68. The largest absolute Gasteiger partial charge is 0.486 e. The molecule has 1 amide bonds. The molecule has 1 atom stereocenters. The number of amides is 1. The Hall–Kier alpha value is -3.13. The van der Waals surface area contributed by atoms with Gasteiger partial charge in [-0.25, -0.2) is 0 Å². The third kappa shape index (κ3) is 4.32. The number of aromatic nitrogens is 4. The monoisotopic (exact) mass is 413 g/mol. The highest BCUT2D eigenvalue weighted by molar-refractivity contribution is 6.33. The first kappa shape index (κ1) is 19.2. The molecule has 3 aromatic rings. The van der Waals surface area contributed by atoms with Crippen LogP contribution >= 0.6 is 11.6 Å². The second kappa shape index (κ2) is 8.48. The number of para-hydroxylation sites is 2. The number of benzene rings is 2. The molecule has 1 aliphatic heterocycles.